The van der Waals surface area contributed by atoms with Crippen molar-refractivity contribution < 1.29 is 23.1 Å². The molecule has 5 nitrogen and oxygen atoms in total. The fraction of sp³-hybridized carbons (Fsp3) is 0.273. The maximum absolute atomic E-state index is 11.9. The van der Waals surface area contributed by atoms with Crippen LogP contribution < -0.4 is 10.6 Å². The average molecular weight is 273 g/mol. The van der Waals surface area contributed by atoms with E-state index in [0.717, 1.165) is 0 Å². The maximum atomic E-state index is 11.9. The summed E-state index contributed by atoms with van der Waals surface area (Å²) in [5.41, 5.74) is 0.280. The molecule has 19 heavy (non-hydrogen) atoms. The SMILES string of the molecule is O=C(NCC(F)(F)F)Nc1cccc(C#CCO)n1. The largest absolute Gasteiger partial charge is 0.405 e. The fourth-order valence-electron chi connectivity index (χ4n) is 1.05. The van der Waals surface area contributed by atoms with Gasteiger partial charge >= 0.3 is 12.2 Å². The standard InChI is InChI=1S/C11H10F3N3O2/c12-11(13,14)7-15-10(19)17-9-5-1-3-8(16-9)4-2-6-18/h1,3,5,18H,6-7H2,(H2,15,16,17,19). The van der Waals surface area contributed by atoms with Gasteiger partial charge in [-0.05, 0) is 18.1 Å². The molecule has 2 amide bonds. The number of hydrogen-bond acceptors (Lipinski definition) is 3. The molecule has 0 bridgehead atoms. The van der Waals surface area contributed by atoms with Gasteiger partial charge in [0.1, 0.15) is 24.7 Å². The van der Waals surface area contributed by atoms with Gasteiger partial charge in [-0.15, -0.1) is 0 Å². The molecule has 0 aliphatic rings. The van der Waals surface area contributed by atoms with E-state index in [1.54, 1.807) is 5.32 Å². The van der Waals surface area contributed by atoms with E-state index in [-0.39, 0.29) is 18.1 Å². The van der Waals surface area contributed by atoms with Crippen molar-refractivity contribution >= 4 is 11.8 Å². The summed E-state index contributed by atoms with van der Waals surface area (Å²) in [6.07, 6.45) is -4.47. The fourth-order valence-corrected chi connectivity index (χ4v) is 1.05. The number of nitrogens with zero attached hydrogens (tertiary/aromatic N) is 1. The van der Waals surface area contributed by atoms with Gasteiger partial charge in [0.25, 0.3) is 0 Å². The minimum atomic E-state index is -4.47. The van der Waals surface area contributed by atoms with Crippen LogP contribution in [0.5, 0.6) is 0 Å². The molecule has 0 aromatic carbocycles. The number of anilines is 1. The summed E-state index contributed by atoms with van der Waals surface area (Å²) in [5, 5.41) is 12.3. The van der Waals surface area contributed by atoms with Crippen molar-refractivity contribution in [1.29, 1.82) is 0 Å². The van der Waals surface area contributed by atoms with Gasteiger partial charge in [-0.2, -0.15) is 13.2 Å². The van der Waals surface area contributed by atoms with Gasteiger partial charge in [-0.1, -0.05) is 12.0 Å². The summed E-state index contributed by atoms with van der Waals surface area (Å²) in [7, 11) is 0. The quantitative estimate of drug-likeness (QED) is 0.707. The van der Waals surface area contributed by atoms with Crippen molar-refractivity contribution in [3.63, 3.8) is 0 Å². The van der Waals surface area contributed by atoms with Gasteiger partial charge in [0, 0.05) is 0 Å². The first-order valence-corrected chi connectivity index (χ1v) is 5.09. The number of aliphatic hydroxyl groups is 1. The molecule has 0 spiro atoms. The Balaban J connectivity index is 2.59. The van der Waals surface area contributed by atoms with E-state index < -0.39 is 18.8 Å². The van der Waals surface area contributed by atoms with Crippen molar-refractivity contribution in [2.45, 2.75) is 6.18 Å². The summed E-state index contributed by atoms with van der Waals surface area (Å²) >= 11 is 0. The predicted octanol–water partition coefficient (Wildman–Crippen LogP) is 1.11. The van der Waals surface area contributed by atoms with Gasteiger partial charge in [-0.25, -0.2) is 9.78 Å². The summed E-state index contributed by atoms with van der Waals surface area (Å²) in [4.78, 5) is 15.0. The van der Waals surface area contributed by atoms with E-state index in [0.29, 0.717) is 0 Å². The number of alkyl halides is 3. The lowest BCUT2D eigenvalue weighted by Gasteiger charge is -2.09. The van der Waals surface area contributed by atoms with E-state index in [1.165, 1.54) is 18.2 Å². The number of carbonyl (C=O) groups is 1. The van der Waals surface area contributed by atoms with Gasteiger partial charge in [-0.3, -0.25) is 5.32 Å². The minimum absolute atomic E-state index is 0.0596. The third kappa shape index (κ3) is 6.28. The second-order valence-corrected chi connectivity index (χ2v) is 3.29. The Morgan fingerprint density at radius 2 is 2.16 bits per heavy atom. The molecule has 0 saturated heterocycles. The Kier molecular flexibility index (Phi) is 5.14. The van der Waals surface area contributed by atoms with Gasteiger partial charge in [0.2, 0.25) is 0 Å². The van der Waals surface area contributed by atoms with Crippen LogP contribution in [0.2, 0.25) is 0 Å². The van der Waals surface area contributed by atoms with Crippen LogP contribution in [-0.2, 0) is 0 Å². The van der Waals surface area contributed by atoms with Crippen molar-refractivity contribution in [2.24, 2.45) is 0 Å². The second kappa shape index (κ2) is 6.61. The number of hydrogen-bond donors (Lipinski definition) is 3. The van der Waals surface area contributed by atoms with Crippen LogP contribution in [0.3, 0.4) is 0 Å². The Labute approximate surface area is 106 Å². The molecule has 0 saturated carbocycles. The first kappa shape index (κ1) is 14.8. The lowest BCUT2D eigenvalue weighted by molar-refractivity contribution is -0.122. The Hall–Kier alpha value is -2.27. The third-order valence-corrected chi connectivity index (χ3v) is 1.74. The molecule has 1 heterocycles. The lowest BCUT2D eigenvalue weighted by Crippen LogP contribution is -2.36. The van der Waals surface area contributed by atoms with Crippen molar-refractivity contribution in [3.05, 3.63) is 23.9 Å². The Morgan fingerprint density at radius 1 is 1.42 bits per heavy atom. The number of urea groups is 1. The predicted molar refractivity (Wildman–Crippen MR) is 61.3 cm³/mol. The number of carbonyl (C=O) groups excluding carboxylic acids is 1. The molecule has 8 heteroatoms. The van der Waals surface area contributed by atoms with E-state index >= 15 is 0 Å². The van der Waals surface area contributed by atoms with Crippen molar-refractivity contribution in [2.75, 3.05) is 18.5 Å². The number of aromatic nitrogens is 1. The van der Waals surface area contributed by atoms with Gasteiger partial charge in [0.15, 0.2) is 0 Å². The van der Waals surface area contributed by atoms with Crippen LogP contribution in [-0.4, -0.2) is 35.4 Å². The lowest BCUT2D eigenvalue weighted by atomic mass is 10.3. The molecule has 0 unspecified atom stereocenters. The summed E-state index contributed by atoms with van der Waals surface area (Å²) in [6, 6.07) is 3.43. The molecule has 1 rings (SSSR count). The zero-order valence-electron chi connectivity index (χ0n) is 9.58. The van der Waals surface area contributed by atoms with Crippen molar-refractivity contribution in [3.8, 4) is 11.8 Å². The first-order chi connectivity index (χ1) is 8.90. The monoisotopic (exact) mass is 273 g/mol. The number of halogens is 3. The third-order valence-electron chi connectivity index (χ3n) is 1.74. The van der Waals surface area contributed by atoms with Crippen LogP contribution >= 0.6 is 0 Å². The summed E-state index contributed by atoms with van der Waals surface area (Å²) in [6.45, 7) is -1.77. The molecule has 1 aromatic rings. The number of pyridine rings is 1. The highest BCUT2D eigenvalue weighted by Crippen LogP contribution is 2.12. The van der Waals surface area contributed by atoms with E-state index in [4.69, 9.17) is 5.11 Å². The van der Waals surface area contributed by atoms with Crippen LogP contribution in [0.15, 0.2) is 18.2 Å². The smallest absolute Gasteiger partial charge is 0.384 e. The number of aliphatic hydroxyl groups excluding tert-OH is 1. The van der Waals surface area contributed by atoms with Crippen molar-refractivity contribution in [1.82, 2.24) is 10.3 Å². The molecular weight excluding hydrogens is 263 g/mol. The molecule has 0 radical (unpaired) electrons. The second-order valence-electron chi connectivity index (χ2n) is 3.29. The zero-order chi connectivity index (χ0) is 14.3. The Morgan fingerprint density at radius 3 is 2.79 bits per heavy atom. The highest BCUT2D eigenvalue weighted by Gasteiger charge is 2.27. The van der Waals surface area contributed by atoms with Gasteiger partial charge < -0.3 is 10.4 Å². The number of rotatable bonds is 2. The topological polar surface area (TPSA) is 74.2 Å². The number of nitrogens with one attached hydrogen (secondary N) is 2. The normalized spacial score (nSPS) is 10.3. The molecule has 0 aliphatic heterocycles. The Bertz CT molecular complexity index is 506. The summed E-state index contributed by atoms with van der Waals surface area (Å²) < 4.78 is 35.6. The minimum Gasteiger partial charge on any atom is -0.384 e. The van der Waals surface area contributed by atoms with Gasteiger partial charge in [0.05, 0.1) is 0 Å². The molecule has 0 aliphatic carbocycles. The number of amides is 2. The molecule has 102 valence electrons. The first-order valence-electron chi connectivity index (χ1n) is 5.09. The average Bonchev–Trinajstić information content (AvgIpc) is 2.33. The molecule has 0 fully saturated rings. The molecule has 1 aromatic heterocycles. The molecule has 0 atom stereocenters. The highest BCUT2D eigenvalue weighted by atomic mass is 19.4. The van der Waals surface area contributed by atoms with Crippen LogP contribution in [0.1, 0.15) is 5.69 Å². The highest BCUT2D eigenvalue weighted by molar-refractivity contribution is 5.88. The molecule has 3 N–H and O–H groups in total. The van der Waals surface area contributed by atoms with Crippen LogP contribution in [0.4, 0.5) is 23.8 Å². The summed E-state index contributed by atoms with van der Waals surface area (Å²) in [5.74, 6) is 4.92. The van der Waals surface area contributed by atoms with Crippen LogP contribution in [0.25, 0.3) is 0 Å². The van der Waals surface area contributed by atoms with E-state index in [1.807, 2.05) is 0 Å². The van der Waals surface area contributed by atoms with E-state index in [2.05, 4.69) is 22.1 Å². The maximum Gasteiger partial charge on any atom is 0.405 e. The molecular formula is C11H10F3N3O2. The zero-order valence-corrected chi connectivity index (χ0v) is 9.58. The van der Waals surface area contributed by atoms with Crippen LogP contribution in [0, 0.1) is 11.8 Å². The van der Waals surface area contributed by atoms with E-state index in [9.17, 15) is 18.0 Å².